The number of halogens is 5. The van der Waals surface area contributed by atoms with Crippen LogP contribution in [-0.4, -0.2) is 44.5 Å². The third-order valence-electron chi connectivity index (χ3n) is 12.8. The van der Waals surface area contributed by atoms with Crippen LogP contribution < -0.4 is 65.0 Å². The van der Waals surface area contributed by atoms with Crippen molar-refractivity contribution in [1.82, 2.24) is 19.1 Å². The Hall–Kier alpha value is -0.290. The van der Waals surface area contributed by atoms with E-state index in [-0.39, 0.29) is 94.7 Å². The average Bonchev–Trinajstić information content (AvgIpc) is 3.79. The number of rotatable bonds is 2. The van der Waals surface area contributed by atoms with Crippen molar-refractivity contribution in [2.75, 3.05) is 13.3 Å². The summed E-state index contributed by atoms with van der Waals surface area (Å²) in [4.78, 5) is 9.40. The summed E-state index contributed by atoms with van der Waals surface area (Å²) in [6, 6.07) is 36.4. The van der Waals surface area contributed by atoms with Crippen LogP contribution in [0.4, 0.5) is 0 Å². The average molecular weight is 1500 g/mol. The largest absolute Gasteiger partial charge is 1.00 e. The van der Waals surface area contributed by atoms with Gasteiger partial charge in [0.1, 0.15) is 11.6 Å². The van der Waals surface area contributed by atoms with Crippen LogP contribution in [0.25, 0.3) is 55.2 Å². The topological polar surface area (TPSA) is 87.7 Å². The van der Waals surface area contributed by atoms with Gasteiger partial charge in [-0.2, -0.15) is 0 Å². The molecule has 0 bridgehead atoms. The summed E-state index contributed by atoms with van der Waals surface area (Å²) < 4.78 is 6.70. The van der Waals surface area contributed by atoms with E-state index < -0.39 is 0 Å². The molecule has 0 aliphatic heterocycles. The number of aromatic nitrogens is 4. The van der Waals surface area contributed by atoms with Gasteiger partial charge in [0.15, 0.2) is 0 Å². The van der Waals surface area contributed by atoms with Gasteiger partial charge in [-0.1, -0.05) is 179 Å². The van der Waals surface area contributed by atoms with Gasteiger partial charge < -0.3 is 35.4 Å². The number of nitrogens with zero attached hydrogens (tertiary/aromatic N) is 4. The third-order valence-corrected chi connectivity index (χ3v) is 13.9. The van der Waals surface area contributed by atoms with Crippen molar-refractivity contribution < 1.29 is 53.5 Å². The van der Waals surface area contributed by atoms with Gasteiger partial charge in [0.2, 0.25) is 0 Å². The summed E-state index contributed by atoms with van der Waals surface area (Å²) in [5, 5.41) is 5.18. The van der Waals surface area contributed by atoms with Crippen LogP contribution in [0.3, 0.4) is 0 Å². The van der Waals surface area contributed by atoms with Crippen molar-refractivity contribution in [3.05, 3.63) is 140 Å². The minimum Gasteiger partial charge on any atom is -1.00 e. The maximum absolute atomic E-state index is 5.65. The van der Waals surface area contributed by atoms with E-state index in [1.54, 1.807) is 0 Å². The zero-order chi connectivity index (χ0) is 51.9. The van der Waals surface area contributed by atoms with Crippen molar-refractivity contribution >= 4 is 133 Å². The Kier molecular flexibility index (Phi) is 28.1. The van der Waals surface area contributed by atoms with E-state index >= 15 is 0 Å². The molecule has 1 aliphatic rings. The fourth-order valence-corrected chi connectivity index (χ4v) is 9.15. The van der Waals surface area contributed by atoms with E-state index in [1.807, 2.05) is 18.5 Å². The molecule has 392 valence electrons. The Morgan fingerprint density at radius 3 is 1.03 bits per heavy atom. The molecule has 4 aromatic carbocycles. The minimum absolute atomic E-state index is 0. The summed E-state index contributed by atoms with van der Waals surface area (Å²) in [5.41, 5.74) is 22.0. The van der Waals surface area contributed by atoms with Crippen LogP contribution >= 0.6 is 89.6 Å². The molecule has 0 saturated heterocycles. The Morgan fingerprint density at radius 2 is 0.808 bits per heavy atom. The van der Waals surface area contributed by atoms with Gasteiger partial charge in [0, 0.05) is 54.1 Å². The summed E-state index contributed by atoms with van der Waals surface area (Å²) in [7, 11) is 0.896. The number of pyridine rings is 2. The van der Waals surface area contributed by atoms with E-state index in [4.69, 9.17) is 16.5 Å². The molecule has 4 unspecified atom stereocenters. The predicted molar refractivity (Wildman–Crippen MR) is 345 cm³/mol. The van der Waals surface area contributed by atoms with Crippen LogP contribution in [0.2, 0.25) is 0 Å². The number of benzene rings is 4. The van der Waals surface area contributed by atoms with Crippen molar-refractivity contribution in [2.45, 2.75) is 150 Å². The molecule has 0 radical (unpaired) electrons. The number of hydrogen-bond acceptors (Lipinski definition) is 4. The van der Waals surface area contributed by atoms with Gasteiger partial charge in [-0.25, -0.2) is 9.97 Å². The zero-order valence-electron chi connectivity index (χ0n) is 45.2. The van der Waals surface area contributed by atoms with Gasteiger partial charge in [-0.3, -0.25) is 9.13 Å². The predicted octanol–water partition coefficient (Wildman–Crippen LogP) is 13.0. The quantitative estimate of drug-likeness (QED) is 0.103. The summed E-state index contributed by atoms with van der Waals surface area (Å²) >= 11 is 11.3. The molecule has 8 aromatic rings. The molecular formula is C59H80Br2I3N6NaP2. The maximum atomic E-state index is 5.65. The molecule has 4 heterocycles. The Balaban J connectivity index is 0.000000384. The first-order valence-electron chi connectivity index (χ1n) is 24.2. The second-order valence-corrected chi connectivity index (χ2v) is 30.8. The summed E-state index contributed by atoms with van der Waals surface area (Å²) in [6.45, 7) is 31.5. The molecule has 4 aromatic heterocycles. The Bertz CT molecular complexity index is 2640. The number of fused-ring (bicyclic) bond motifs is 6. The summed E-state index contributed by atoms with van der Waals surface area (Å²) in [5.74, 6) is 1.91. The van der Waals surface area contributed by atoms with Gasteiger partial charge in [0.05, 0.1) is 22.1 Å². The first kappa shape index (κ1) is 68.8. The minimum atomic E-state index is 0. The molecular weight excluding hydrogens is 1420 g/mol. The van der Waals surface area contributed by atoms with Crippen molar-refractivity contribution in [1.29, 1.82) is 0 Å². The van der Waals surface area contributed by atoms with Gasteiger partial charge in [0.25, 0.3) is 0 Å². The molecule has 9 rings (SSSR count). The van der Waals surface area contributed by atoms with E-state index in [1.165, 1.54) is 78.7 Å². The molecule has 6 nitrogen and oxygen atoms in total. The molecule has 4 N–H and O–H groups in total. The molecule has 0 spiro atoms. The maximum Gasteiger partial charge on any atom is 1.00 e. The monoisotopic (exact) mass is 1500 g/mol. The van der Waals surface area contributed by atoms with Crippen LogP contribution in [-0.2, 0) is 21.7 Å². The molecule has 1 aliphatic carbocycles. The number of hydrogen-bond donors (Lipinski definition) is 2. The van der Waals surface area contributed by atoms with Crippen LogP contribution in [0.5, 0.6) is 0 Å². The first-order chi connectivity index (χ1) is 32.7. The molecule has 4 atom stereocenters. The fourth-order valence-electron chi connectivity index (χ4n) is 8.60. The van der Waals surface area contributed by atoms with Crippen LogP contribution in [0, 0.1) is 3.57 Å². The van der Waals surface area contributed by atoms with Gasteiger partial charge >= 0.3 is 29.6 Å². The number of nitrogens with two attached hydrogens (primary N) is 2. The molecule has 1 saturated carbocycles. The van der Waals surface area contributed by atoms with Gasteiger partial charge in [-0.05, 0) is 181 Å². The van der Waals surface area contributed by atoms with E-state index in [0.29, 0.717) is 0 Å². The van der Waals surface area contributed by atoms with Crippen molar-refractivity contribution in [3.8, 4) is 11.6 Å². The SMILES string of the molecule is C.CC(C)(C)c1ccc2c(c1)c1cc(C(C)(C)C)ccc1n2-c1ccc(Br)cn1.CC(C)(C)c1ccc2c(c1)c1cc(C(C)(C)C)ccc1n2-c1ccc(I)cn1.CPBr.CPI.NC1CCCCC1N.[I-].[Na+]. The van der Waals surface area contributed by atoms with Gasteiger partial charge in [-0.15, -0.1) is 0 Å². The molecule has 0 amide bonds. The molecule has 1 fully saturated rings. The van der Waals surface area contributed by atoms with Crippen LogP contribution in [0.1, 0.15) is 138 Å². The van der Waals surface area contributed by atoms with Crippen molar-refractivity contribution in [2.24, 2.45) is 11.5 Å². The Morgan fingerprint density at radius 1 is 0.534 bits per heavy atom. The summed E-state index contributed by atoms with van der Waals surface area (Å²) in [6.07, 6.45) is 9.64. The fraction of sp³-hybridized carbons (Fsp3) is 0.424. The Labute approximate surface area is 525 Å². The van der Waals surface area contributed by atoms with E-state index in [9.17, 15) is 0 Å². The molecule has 73 heavy (non-hydrogen) atoms. The van der Waals surface area contributed by atoms with Crippen molar-refractivity contribution in [3.63, 3.8) is 0 Å². The van der Waals surface area contributed by atoms with E-state index in [0.717, 1.165) is 46.0 Å². The zero-order valence-corrected chi connectivity index (χ0v) is 58.9. The second-order valence-electron chi connectivity index (χ2n) is 22.3. The normalized spacial score (nSPS) is 15.0. The standard InChI is InChI=1S/C25H27BrN2.C25H27IN2.C6H14N2.CH4BrP.CH4IP.CH4.HI.Na/c2*1-24(2,3)16-7-10-21-19(13-16)20-14-17(25(4,5)6)8-11-22(20)28(21)23-12-9-18(26)15-27-23;7-5-3-1-2-4-6(5)8;2*1-3-2;;;/h2*7-15H,1-6H3;5-6H,1-4,7-8H2;2*3H,1H3;1H4;1H;/q;;;;;;;+1/p-1. The first-order valence-corrected chi connectivity index (χ1v) is 34.5. The second kappa shape index (κ2) is 29.8. The molecule has 14 heteroatoms. The third kappa shape index (κ3) is 18.1. The smallest absolute Gasteiger partial charge is 1.00 e. The van der Waals surface area contributed by atoms with Crippen LogP contribution in [0.15, 0.2) is 114 Å². The van der Waals surface area contributed by atoms with E-state index in [2.05, 4.69) is 278 Å².